The van der Waals surface area contributed by atoms with E-state index in [1.807, 2.05) is 19.4 Å². The number of thiophene rings is 1. The van der Waals surface area contributed by atoms with Gasteiger partial charge in [-0.05, 0) is 30.2 Å². The minimum absolute atomic E-state index is 0.114. The van der Waals surface area contributed by atoms with Crippen LogP contribution in [-0.4, -0.2) is 27.3 Å². The van der Waals surface area contributed by atoms with Gasteiger partial charge in [-0.15, -0.1) is 11.3 Å². The van der Waals surface area contributed by atoms with Crippen LogP contribution in [0.5, 0.6) is 0 Å². The summed E-state index contributed by atoms with van der Waals surface area (Å²) in [4.78, 5) is 5.75. The summed E-state index contributed by atoms with van der Waals surface area (Å²) in [6, 6.07) is 4.33. The number of rotatable bonds is 5. The summed E-state index contributed by atoms with van der Waals surface area (Å²) in [5, 5.41) is 15.7. The molecule has 2 heterocycles. The molecule has 1 saturated carbocycles. The molecule has 1 fully saturated rings. The van der Waals surface area contributed by atoms with Crippen molar-refractivity contribution >= 4 is 11.3 Å². The Balaban J connectivity index is 1.75. The normalized spacial score (nSPS) is 24.1. The van der Waals surface area contributed by atoms with Gasteiger partial charge in [0.15, 0.2) is 0 Å². The molecular formula is C15H21N3OS. The van der Waals surface area contributed by atoms with Crippen molar-refractivity contribution < 1.29 is 5.11 Å². The van der Waals surface area contributed by atoms with E-state index in [2.05, 4.69) is 32.4 Å². The van der Waals surface area contributed by atoms with Crippen LogP contribution in [0.25, 0.3) is 0 Å². The lowest BCUT2D eigenvalue weighted by atomic mass is 10.1. The Labute approximate surface area is 123 Å². The van der Waals surface area contributed by atoms with Crippen molar-refractivity contribution in [2.75, 3.05) is 6.54 Å². The highest BCUT2D eigenvalue weighted by Gasteiger charge is 2.27. The zero-order valence-corrected chi connectivity index (χ0v) is 12.5. The van der Waals surface area contributed by atoms with Gasteiger partial charge in [0.1, 0.15) is 11.9 Å². The minimum Gasteiger partial charge on any atom is -0.393 e. The van der Waals surface area contributed by atoms with Gasteiger partial charge in [0.25, 0.3) is 0 Å². The van der Waals surface area contributed by atoms with E-state index in [0.717, 1.165) is 31.6 Å². The van der Waals surface area contributed by atoms with Crippen LogP contribution < -0.4 is 5.32 Å². The number of imidazole rings is 1. The Morgan fingerprint density at radius 2 is 2.45 bits per heavy atom. The molecule has 5 heteroatoms. The number of aryl methyl sites for hydroxylation is 1. The smallest absolute Gasteiger partial charge is 0.131 e. The van der Waals surface area contributed by atoms with Crippen LogP contribution in [0.3, 0.4) is 0 Å². The molecule has 0 aromatic carbocycles. The third-order valence-electron chi connectivity index (χ3n) is 4.15. The Bertz CT molecular complexity index is 537. The average Bonchev–Trinajstić information content (AvgIpc) is 3.15. The molecule has 4 nitrogen and oxygen atoms in total. The van der Waals surface area contributed by atoms with Crippen LogP contribution in [0.4, 0.5) is 0 Å². The summed E-state index contributed by atoms with van der Waals surface area (Å²) >= 11 is 1.74. The molecule has 2 aromatic heterocycles. The molecule has 2 aromatic rings. The zero-order valence-electron chi connectivity index (χ0n) is 11.7. The van der Waals surface area contributed by atoms with Gasteiger partial charge >= 0.3 is 0 Å². The molecule has 0 amide bonds. The van der Waals surface area contributed by atoms with Crippen molar-refractivity contribution in [3.8, 4) is 0 Å². The van der Waals surface area contributed by atoms with Crippen LogP contribution in [0.2, 0.25) is 0 Å². The fourth-order valence-corrected chi connectivity index (χ4v) is 3.75. The van der Waals surface area contributed by atoms with Crippen LogP contribution in [0.1, 0.15) is 36.0 Å². The molecule has 0 aliphatic heterocycles. The lowest BCUT2D eigenvalue weighted by molar-refractivity contribution is 0.130. The molecule has 3 rings (SSSR count). The minimum atomic E-state index is -0.146. The largest absolute Gasteiger partial charge is 0.393 e. The second-order valence-corrected chi connectivity index (χ2v) is 6.49. The molecule has 1 aliphatic carbocycles. The number of nitrogens with zero attached hydrogens (tertiary/aromatic N) is 2. The van der Waals surface area contributed by atoms with Gasteiger partial charge in [0.2, 0.25) is 0 Å². The van der Waals surface area contributed by atoms with Crippen LogP contribution >= 0.6 is 11.3 Å². The van der Waals surface area contributed by atoms with Crippen molar-refractivity contribution in [1.82, 2.24) is 14.9 Å². The summed E-state index contributed by atoms with van der Waals surface area (Å²) < 4.78 is 2.06. The van der Waals surface area contributed by atoms with Gasteiger partial charge in [-0.2, -0.15) is 0 Å². The van der Waals surface area contributed by atoms with Crippen molar-refractivity contribution in [1.29, 1.82) is 0 Å². The number of nitrogens with one attached hydrogen (secondary N) is 1. The highest BCUT2D eigenvalue weighted by Crippen LogP contribution is 2.28. The maximum Gasteiger partial charge on any atom is 0.131 e. The fourth-order valence-electron chi connectivity index (χ4n) is 2.95. The molecule has 108 valence electrons. The van der Waals surface area contributed by atoms with E-state index in [1.54, 1.807) is 11.3 Å². The summed E-state index contributed by atoms with van der Waals surface area (Å²) in [5.41, 5.74) is 0. The average molecular weight is 291 g/mol. The Hall–Kier alpha value is -1.17. The first kappa shape index (κ1) is 13.8. The second-order valence-electron chi connectivity index (χ2n) is 5.51. The van der Waals surface area contributed by atoms with E-state index in [-0.39, 0.29) is 12.1 Å². The first-order chi connectivity index (χ1) is 9.75. The van der Waals surface area contributed by atoms with E-state index in [0.29, 0.717) is 5.92 Å². The number of aliphatic hydroxyl groups excluding tert-OH is 1. The van der Waals surface area contributed by atoms with Crippen molar-refractivity contribution in [3.63, 3.8) is 0 Å². The number of aromatic nitrogens is 2. The van der Waals surface area contributed by atoms with Gasteiger partial charge in [-0.1, -0.05) is 12.5 Å². The Kier molecular flexibility index (Phi) is 4.19. The fraction of sp³-hybridized carbons (Fsp3) is 0.533. The summed E-state index contributed by atoms with van der Waals surface area (Å²) in [6.45, 7) is 0.844. The Morgan fingerprint density at radius 1 is 1.55 bits per heavy atom. The van der Waals surface area contributed by atoms with E-state index in [9.17, 15) is 5.11 Å². The third-order valence-corrected chi connectivity index (χ3v) is 5.08. The van der Waals surface area contributed by atoms with Gasteiger partial charge in [0, 0.05) is 30.9 Å². The number of hydrogen-bond donors (Lipinski definition) is 2. The maximum atomic E-state index is 9.96. The van der Waals surface area contributed by atoms with Crippen LogP contribution in [0, 0.1) is 5.92 Å². The zero-order chi connectivity index (χ0) is 13.9. The van der Waals surface area contributed by atoms with E-state index < -0.39 is 0 Å². The summed E-state index contributed by atoms with van der Waals surface area (Å²) in [7, 11) is 2.02. The Morgan fingerprint density at radius 3 is 3.05 bits per heavy atom. The predicted octanol–water partition coefficient (Wildman–Crippen LogP) is 2.32. The molecule has 0 radical (unpaired) electrons. The summed E-state index contributed by atoms with van der Waals surface area (Å²) in [6.07, 6.45) is 6.86. The standard InChI is InChI=1S/C15H21N3OS/c1-18-8-7-16-15(18)14(13-6-3-9-20-13)17-10-11-4-2-5-12(11)19/h3,6-9,11-12,14,17,19H,2,4-5,10H2,1H3. The quantitative estimate of drug-likeness (QED) is 0.889. The van der Waals surface area contributed by atoms with E-state index >= 15 is 0 Å². The lowest BCUT2D eigenvalue weighted by Gasteiger charge is -2.21. The van der Waals surface area contributed by atoms with E-state index in [4.69, 9.17) is 0 Å². The van der Waals surface area contributed by atoms with Gasteiger partial charge in [0.05, 0.1) is 6.10 Å². The van der Waals surface area contributed by atoms with Gasteiger partial charge < -0.3 is 15.0 Å². The SMILES string of the molecule is Cn1ccnc1C(NCC1CCCC1O)c1cccs1. The highest BCUT2D eigenvalue weighted by molar-refractivity contribution is 7.10. The van der Waals surface area contributed by atoms with E-state index in [1.165, 1.54) is 4.88 Å². The number of aliphatic hydroxyl groups is 1. The molecule has 2 N–H and O–H groups in total. The highest BCUT2D eigenvalue weighted by atomic mass is 32.1. The topological polar surface area (TPSA) is 50.1 Å². The van der Waals surface area contributed by atoms with Gasteiger partial charge in [-0.25, -0.2) is 4.98 Å². The molecule has 3 unspecified atom stereocenters. The molecule has 3 atom stereocenters. The molecule has 1 aliphatic rings. The molecule has 0 spiro atoms. The van der Waals surface area contributed by atoms with Crippen molar-refractivity contribution in [2.24, 2.45) is 13.0 Å². The predicted molar refractivity (Wildman–Crippen MR) is 80.7 cm³/mol. The second kappa shape index (κ2) is 6.08. The first-order valence-corrected chi connectivity index (χ1v) is 8.05. The molecule has 0 saturated heterocycles. The van der Waals surface area contributed by atoms with Gasteiger partial charge in [-0.3, -0.25) is 0 Å². The van der Waals surface area contributed by atoms with Crippen LogP contribution in [0.15, 0.2) is 29.9 Å². The monoisotopic (exact) mass is 291 g/mol. The maximum absolute atomic E-state index is 9.96. The molecule has 0 bridgehead atoms. The first-order valence-electron chi connectivity index (χ1n) is 7.18. The summed E-state index contributed by atoms with van der Waals surface area (Å²) in [5.74, 6) is 1.40. The van der Waals surface area contributed by atoms with Crippen molar-refractivity contribution in [2.45, 2.75) is 31.4 Å². The van der Waals surface area contributed by atoms with Crippen molar-refractivity contribution in [3.05, 3.63) is 40.6 Å². The number of hydrogen-bond acceptors (Lipinski definition) is 4. The third kappa shape index (κ3) is 2.80. The molecular weight excluding hydrogens is 270 g/mol. The van der Waals surface area contributed by atoms with Crippen LogP contribution in [-0.2, 0) is 7.05 Å². The lowest BCUT2D eigenvalue weighted by Crippen LogP contribution is -2.32. The molecule has 20 heavy (non-hydrogen) atoms.